The van der Waals surface area contributed by atoms with Gasteiger partial charge in [-0.3, -0.25) is 33.8 Å². The maximum absolute atomic E-state index is 12.8. The van der Waals surface area contributed by atoms with E-state index < -0.39 is 72.6 Å². The third-order valence-electron chi connectivity index (χ3n) is 4.08. The summed E-state index contributed by atoms with van der Waals surface area (Å²) >= 11 is 0. The lowest BCUT2D eigenvalue weighted by Gasteiger charge is -2.24. The fourth-order valence-corrected chi connectivity index (χ4v) is 2.39. The molecule has 0 aromatic heterocycles. The van der Waals surface area contributed by atoms with Crippen molar-refractivity contribution in [3.63, 3.8) is 0 Å². The molecule has 4 atom stereocenters. The molecule has 0 aromatic rings. The highest BCUT2D eigenvalue weighted by atomic mass is 16.4. The molecule has 186 valence electrons. The summed E-state index contributed by atoms with van der Waals surface area (Å²) in [7, 11) is 0. The number of guanidine groups is 1. The molecule has 0 saturated carbocycles. The van der Waals surface area contributed by atoms with Crippen molar-refractivity contribution in [3.05, 3.63) is 0 Å². The Bertz CT molecular complexity index is 783. The van der Waals surface area contributed by atoms with E-state index in [0.717, 1.165) is 0 Å². The maximum atomic E-state index is 12.8. The first-order valence-corrected chi connectivity index (χ1v) is 9.69. The van der Waals surface area contributed by atoms with E-state index in [-0.39, 0.29) is 25.3 Å². The van der Waals surface area contributed by atoms with Crippen LogP contribution >= 0.6 is 0 Å². The number of rotatable bonds is 15. The van der Waals surface area contributed by atoms with Gasteiger partial charge in [-0.1, -0.05) is 0 Å². The van der Waals surface area contributed by atoms with Crippen molar-refractivity contribution in [2.75, 3.05) is 6.54 Å². The Morgan fingerprint density at radius 1 is 0.848 bits per heavy atom. The molecule has 0 spiro atoms. The number of carbonyl (C=O) groups is 6. The average molecular weight is 474 g/mol. The quantitative estimate of drug-likeness (QED) is 0.0616. The van der Waals surface area contributed by atoms with Crippen LogP contribution in [0.25, 0.3) is 0 Å². The van der Waals surface area contributed by atoms with Crippen LogP contribution < -0.4 is 38.9 Å². The molecule has 4 amide bonds. The van der Waals surface area contributed by atoms with Crippen LogP contribution in [0.2, 0.25) is 0 Å². The van der Waals surface area contributed by atoms with Gasteiger partial charge in [-0.25, -0.2) is 0 Å². The lowest BCUT2D eigenvalue weighted by atomic mass is 10.1. The molecular formula is C17H30N8O8. The van der Waals surface area contributed by atoms with Crippen LogP contribution in [0, 0.1) is 0 Å². The van der Waals surface area contributed by atoms with Crippen molar-refractivity contribution < 1.29 is 39.0 Å². The first-order valence-electron chi connectivity index (χ1n) is 9.69. The number of aliphatic carboxylic acids is 2. The third kappa shape index (κ3) is 12.5. The second-order valence-corrected chi connectivity index (χ2v) is 7.01. The van der Waals surface area contributed by atoms with Crippen LogP contribution in [0.5, 0.6) is 0 Å². The fourth-order valence-electron chi connectivity index (χ4n) is 2.39. The number of carboxylic acids is 2. The first-order chi connectivity index (χ1) is 15.2. The van der Waals surface area contributed by atoms with Crippen LogP contribution in [-0.2, 0) is 28.8 Å². The molecule has 0 radical (unpaired) electrons. The van der Waals surface area contributed by atoms with Gasteiger partial charge in [0.1, 0.15) is 18.1 Å². The van der Waals surface area contributed by atoms with Crippen molar-refractivity contribution in [1.29, 1.82) is 0 Å². The van der Waals surface area contributed by atoms with Gasteiger partial charge in [-0.15, -0.1) is 0 Å². The SMILES string of the molecule is CC(NC(=O)C(CC(N)=O)NC(=O)C(CCCN=C(N)N)NC(=O)C(N)CC(=O)O)C(=O)O. The minimum Gasteiger partial charge on any atom is -0.481 e. The number of primary amides is 1. The number of carboxylic acid groups (broad SMARTS) is 2. The zero-order valence-electron chi connectivity index (χ0n) is 17.9. The van der Waals surface area contributed by atoms with Crippen molar-refractivity contribution >= 4 is 41.5 Å². The van der Waals surface area contributed by atoms with Gasteiger partial charge >= 0.3 is 11.9 Å². The molecule has 0 aliphatic heterocycles. The summed E-state index contributed by atoms with van der Waals surface area (Å²) in [4.78, 5) is 74.0. The molecule has 33 heavy (non-hydrogen) atoms. The van der Waals surface area contributed by atoms with Gasteiger partial charge in [0, 0.05) is 6.54 Å². The van der Waals surface area contributed by atoms with Gasteiger partial charge in [0.05, 0.1) is 18.9 Å². The van der Waals surface area contributed by atoms with Gasteiger partial charge < -0.3 is 49.1 Å². The van der Waals surface area contributed by atoms with Crippen LogP contribution in [0.1, 0.15) is 32.6 Å². The fraction of sp³-hybridized carbons (Fsp3) is 0.588. The summed E-state index contributed by atoms with van der Waals surface area (Å²) < 4.78 is 0. The van der Waals surface area contributed by atoms with Gasteiger partial charge in [0.25, 0.3) is 0 Å². The summed E-state index contributed by atoms with van der Waals surface area (Å²) in [5.74, 6) is -6.73. The smallest absolute Gasteiger partial charge is 0.325 e. The molecule has 0 fully saturated rings. The van der Waals surface area contributed by atoms with Crippen molar-refractivity contribution in [2.45, 2.75) is 56.8 Å². The summed E-state index contributed by atoms with van der Waals surface area (Å²) in [5.41, 5.74) is 21.0. The molecular weight excluding hydrogens is 444 g/mol. The zero-order valence-corrected chi connectivity index (χ0v) is 17.9. The van der Waals surface area contributed by atoms with Crippen LogP contribution in [0.15, 0.2) is 4.99 Å². The minimum atomic E-state index is -1.54. The van der Waals surface area contributed by atoms with Crippen molar-refractivity contribution in [3.8, 4) is 0 Å². The highest BCUT2D eigenvalue weighted by molar-refractivity contribution is 5.96. The Morgan fingerprint density at radius 3 is 1.88 bits per heavy atom. The summed E-state index contributed by atoms with van der Waals surface area (Å²) in [6, 6.07) is -5.64. The summed E-state index contributed by atoms with van der Waals surface area (Å²) in [6.07, 6.45) is -1.22. The number of hydrogen-bond donors (Lipinski definition) is 9. The summed E-state index contributed by atoms with van der Waals surface area (Å²) in [6.45, 7) is 1.25. The maximum Gasteiger partial charge on any atom is 0.325 e. The predicted octanol–water partition coefficient (Wildman–Crippen LogP) is -4.72. The number of nitrogens with two attached hydrogens (primary N) is 4. The number of nitrogens with zero attached hydrogens (tertiary/aromatic N) is 1. The molecule has 0 heterocycles. The Morgan fingerprint density at radius 2 is 1.39 bits per heavy atom. The molecule has 13 N–H and O–H groups in total. The molecule has 0 aliphatic rings. The van der Waals surface area contributed by atoms with Crippen LogP contribution in [0.4, 0.5) is 0 Å². The summed E-state index contributed by atoms with van der Waals surface area (Å²) in [5, 5.41) is 24.3. The number of amides is 4. The van der Waals surface area contributed by atoms with Gasteiger partial charge in [-0.05, 0) is 19.8 Å². The second kappa shape index (κ2) is 14.2. The van der Waals surface area contributed by atoms with Crippen molar-refractivity contribution in [1.82, 2.24) is 16.0 Å². The minimum absolute atomic E-state index is 0.0510. The van der Waals surface area contributed by atoms with Gasteiger partial charge in [0.15, 0.2) is 5.96 Å². The highest BCUT2D eigenvalue weighted by Gasteiger charge is 2.30. The topological polar surface area (TPSA) is 295 Å². The van der Waals surface area contributed by atoms with E-state index in [2.05, 4.69) is 20.9 Å². The number of nitrogens with one attached hydrogen (secondary N) is 3. The van der Waals surface area contributed by atoms with Crippen molar-refractivity contribution in [2.24, 2.45) is 27.9 Å². The molecule has 16 heteroatoms. The predicted molar refractivity (Wildman–Crippen MR) is 113 cm³/mol. The molecule has 4 unspecified atom stereocenters. The molecule has 16 nitrogen and oxygen atoms in total. The molecule has 0 bridgehead atoms. The van der Waals surface area contributed by atoms with E-state index in [9.17, 15) is 28.8 Å². The number of aliphatic imine (C=N–C) groups is 1. The van der Waals surface area contributed by atoms with E-state index in [1.165, 1.54) is 6.92 Å². The second-order valence-electron chi connectivity index (χ2n) is 7.01. The molecule has 0 aliphatic carbocycles. The monoisotopic (exact) mass is 474 g/mol. The van der Waals surface area contributed by atoms with Gasteiger partial charge in [0.2, 0.25) is 23.6 Å². The lowest BCUT2D eigenvalue weighted by molar-refractivity contribution is -0.142. The first kappa shape index (κ1) is 29.0. The number of hydrogen-bond acceptors (Lipinski definition) is 8. The highest BCUT2D eigenvalue weighted by Crippen LogP contribution is 2.03. The Kier molecular flexibility index (Phi) is 12.5. The number of carbonyl (C=O) groups excluding carboxylic acids is 4. The Hall–Kier alpha value is -3.95. The Balaban J connectivity index is 5.49. The van der Waals surface area contributed by atoms with E-state index in [4.69, 9.17) is 33.1 Å². The molecule has 0 saturated heterocycles. The largest absolute Gasteiger partial charge is 0.481 e. The third-order valence-corrected chi connectivity index (χ3v) is 4.08. The van der Waals surface area contributed by atoms with E-state index in [1.807, 2.05) is 0 Å². The van der Waals surface area contributed by atoms with E-state index in [0.29, 0.717) is 0 Å². The van der Waals surface area contributed by atoms with Crippen LogP contribution in [-0.4, -0.2) is 82.5 Å². The van der Waals surface area contributed by atoms with Gasteiger partial charge in [-0.2, -0.15) is 0 Å². The van der Waals surface area contributed by atoms with E-state index >= 15 is 0 Å². The van der Waals surface area contributed by atoms with E-state index in [1.54, 1.807) is 0 Å². The molecule has 0 aromatic carbocycles. The standard InChI is InChI=1S/C17H30N8O8/c1-7(16(32)33)23-15(31)10(6-11(19)26)25-14(30)9(3-2-4-22-17(20)21)24-13(29)8(18)5-12(27)28/h7-10H,2-6,18H2,1H3,(H2,19,26)(H,23,31)(H,24,29)(H,25,30)(H,27,28)(H,32,33)(H4,20,21,22). The molecule has 0 rings (SSSR count). The zero-order chi connectivity index (χ0) is 25.7. The normalized spacial score (nSPS) is 14.0. The Labute approximate surface area is 188 Å². The average Bonchev–Trinajstić information content (AvgIpc) is 2.68. The lowest BCUT2D eigenvalue weighted by Crippen LogP contribution is -2.57. The van der Waals surface area contributed by atoms with Crippen LogP contribution in [0.3, 0.4) is 0 Å².